The van der Waals surface area contributed by atoms with E-state index in [1.165, 1.54) is 11.3 Å². The summed E-state index contributed by atoms with van der Waals surface area (Å²) < 4.78 is 2.26. The molecule has 0 aromatic carbocycles. The third-order valence-electron chi connectivity index (χ3n) is 2.88. The van der Waals surface area contributed by atoms with Gasteiger partial charge in [-0.05, 0) is 43.7 Å². The van der Waals surface area contributed by atoms with Crippen LogP contribution in [-0.2, 0) is 19.5 Å². The first-order valence-electron chi connectivity index (χ1n) is 6.14. The number of hydrogen-bond acceptors (Lipinski definition) is 2. The minimum absolute atomic E-state index is 0.932. The van der Waals surface area contributed by atoms with Crippen LogP contribution in [0.15, 0.2) is 42.9 Å². The zero-order valence-electron chi connectivity index (χ0n) is 10.3. The molecule has 0 saturated heterocycles. The highest BCUT2D eigenvalue weighted by Crippen LogP contribution is 2.01. The number of nitrogens with one attached hydrogen (secondary N) is 1. The fourth-order valence-corrected chi connectivity index (χ4v) is 1.91. The topological polar surface area (TPSA) is 29.9 Å². The predicted octanol–water partition coefficient (Wildman–Crippen LogP) is 2.24. The Labute approximate surface area is 103 Å². The van der Waals surface area contributed by atoms with Gasteiger partial charge >= 0.3 is 0 Å². The average Bonchev–Trinajstić information content (AvgIpc) is 2.83. The summed E-state index contributed by atoms with van der Waals surface area (Å²) in [5.74, 6) is 0. The van der Waals surface area contributed by atoms with Gasteiger partial charge in [-0.15, -0.1) is 0 Å². The van der Waals surface area contributed by atoms with Crippen LogP contribution in [0, 0.1) is 0 Å². The Balaban J connectivity index is 1.73. The molecule has 17 heavy (non-hydrogen) atoms. The van der Waals surface area contributed by atoms with Crippen LogP contribution >= 0.6 is 0 Å². The molecule has 3 heteroatoms. The van der Waals surface area contributed by atoms with Gasteiger partial charge in [-0.3, -0.25) is 4.98 Å². The van der Waals surface area contributed by atoms with E-state index < -0.39 is 0 Å². The van der Waals surface area contributed by atoms with Crippen LogP contribution in [0.1, 0.15) is 18.2 Å². The van der Waals surface area contributed by atoms with Crippen molar-refractivity contribution in [2.24, 2.45) is 0 Å². The van der Waals surface area contributed by atoms with Gasteiger partial charge in [0, 0.05) is 37.4 Å². The van der Waals surface area contributed by atoms with Gasteiger partial charge in [0.15, 0.2) is 0 Å². The zero-order valence-corrected chi connectivity index (χ0v) is 10.3. The Morgan fingerprint density at radius 3 is 3.00 bits per heavy atom. The molecule has 0 saturated carbocycles. The molecule has 1 N–H and O–H groups in total. The van der Waals surface area contributed by atoms with Gasteiger partial charge in [-0.2, -0.15) is 0 Å². The number of hydrogen-bond donors (Lipinski definition) is 1. The summed E-state index contributed by atoms with van der Waals surface area (Å²) in [6, 6.07) is 8.36. The second-order valence-electron chi connectivity index (χ2n) is 4.07. The third-order valence-corrected chi connectivity index (χ3v) is 2.88. The predicted molar refractivity (Wildman–Crippen MR) is 69.8 cm³/mol. The van der Waals surface area contributed by atoms with Crippen LogP contribution in [0.5, 0.6) is 0 Å². The molecule has 0 fully saturated rings. The lowest BCUT2D eigenvalue weighted by atomic mass is 10.2. The van der Waals surface area contributed by atoms with Crippen molar-refractivity contribution in [2.75, 3.05) is 6.54 Å². The van der Waals surface area contributed by atoms with E-state index in [0.29, 0.717) is 0 Å². The Morgan fingerprint density at radius 1 is 1.29 bits per heavy atom. The van der Waals surface area contributed by atoms with E-state index in [9.17, 15) is 0 Å². The molecule has 0 atom stereocenters. The fourth-order valence-electron chi connectivity index (χ4n) is 1.91. The number of aryl methyl sites for hydroxylation is 1. The lowest BCUT2D eigenvalue weighted by Gasteiger charge is -2.08. The van der Waals surface area contributed by atoms with Crippen molar-refractivity contribution >= 4 is 0 Å². The molecule has 0 aliphatic rings. The van der Waals surface area contributed by atoms with Crippen LogP contribution in [0.3, 0.4) is 0 Å². The second-order valence-corrected chi connectivity index (χ2v) is 4.07. The molecule has 2 heterocycles. The molecule has 0 aliphatic carbocycles. The molecule has 3 nitrogen and oxygen atoms in total. The first kappa shape index (κ1) is 11.9. The summed E-state index contributed by atoms with van der Waals surface area (Å²) in [6.45, 7) is 5.12. The Morgan fingerprint density at radius 2 is 2.24 bits per heavy atom. The number of rotatable bonds is 6. The molecule has 2 rings (SSSR count). The Kier molecular flexibility index (Phi) is 4.33. The highest BCUT2D eigenvalue weighted by atomic mass is 15.0. The van der Waals surface area contributed by atoms with Crippen molar-refractivity contribution in [1.82, 2.24) is 14.9 Å². The zero-order chi connectivity index (χ0) is 11.9. The molecule has 0 radical (unpaired) electrons. The monoisotopic (exact) mass is 229 g/mol. The van der Waals surface area contributed by atoms with E-state index >= 15 is 0 Å². The smallest absolute Gasteiger partial charge is 0.0359 e. The molecule has 0 aliphatic heterocycles. The summed E-state index contributed by atoms with van der Waals surface area (Å²) >= 11 is 0. The van der Waals surface area contributed by atoms with Gasteiger partial charge in [-0.25, -0.2) is 0 Å². The standard InChI is InChI=1S/C14H19N3/c1-2-17-10-4-6-14(17)12-16-9-7-13-5-3-8-15-11-13/h3-6,8,10-11,16H,2,7,9,12H2,1H3. The van der Waals surface area contributed by atoms with Crippen molar-refractivity contribution in [1.29, 1.82) is 0 Å². The van der Waals surface area contributed by atoms with Crippen molar-refractivity contribution in [3.63, 3.8) is 0 Å². The van der Waals surface area contributed by atoms with Gasteiger partial charge in [0.1, 0.15) is 0 Å². The van der Waals surface area contributed by atoms with Crippen LogP contribution in [0.2, 0.25) is 0 Å². The maximum atomic E-state index is 4.11. The molecule has 90 valence electrons. The van der Waals surface area contributed by atoms with E-state index in [4.69, 9.17) is 0 Å². The third kappa shape index (κ3) is 3.43. The maximum absolute atomic E-state index is 4.11. The number of pyridine rings is 1. The molecule has 0 bridgehead atoms. The summed E-state index contributed by atoms with van der Waals surface area (Å²) in [6.07, 6.45) is 6.89. The van der Waals surface area contributed by atoms with Crippen molar-refractivity contribution < 1.29 is 0 Å². The van der Waals surface area contributed by atoms with Crippen molar-refractivity contribution in [3.8, 4) is 0 Å². The molecule has 0 amide bonds. The van der Waals surface area contributed by atoms with Gasteiger partial charge in [-0.1, -0.05) is 6.07 Å². The first-order chi connectivity index (χ1) is 8.40. The van der Waals surface area contributed by atoms with Gasteiger partial charge in [0.2, 0.25) is 0 Å². The fraction of sp³-hybridized carbons (Fsp3) is 0.357. The number of aromatic nitrogens is 2. The van der Waals surface area contributed by atoms with E-state index in [0.717, 1.165) is 26.1 Å². The SMILES string of the molecule is CCn1cccc1CNCCc1cccnc1. The molecule has 0 spiro atoms. The van der Waals surface area contributed by atoms with Gasteiger partial charge in [0.25, 0.3) is 0 Å². The normalized spacial score (nSPS) is 10.6. The van der Waals surface area contributed by atoms with E-state index in [2.05, 4.69) is 46.2 Å². The summed E-state index contributed by atoms with van der Waals surface area (Å²) in [4.78, 5) is 4.11. The van der Waals surface area contributed by atoms with Crippen LogP contribution in [-0.4, -0.2) is 16.1 Å². The molecular formula is C14H19N3. The van der Waals surface area contributed by atoms with Crippen LogP contribution < -0.4 is 5.32 Å². The maximum Gasteiger partial charge on any atom is 0.0359 e. The summed E-state index contributed by atoms with van der Waals surface area (Å²) in [7, 11) is 0. The van der Waals surface area contributed by atoms with E-state index in [-0.39, 0.29) is 0 Å². The summed E-state index contributed by atoms with van der Waals surface area (Å²) in [5, 5.41) is 3.46. The Bertz CT molecular complexity index is 434. The van der Waals surface area contributed by atoms with Crippen molar-refractivity contribution in [3.05, 3.63) is 54.1 Å². The molecule has 2 aromatic rings. The van der Waals surface area contributed by atoms with Crippen LogP contribution in [0.4, 0.5) is 0 Å². The highest BCUT2D eigenvalue weighted by molar-refractivity contribution is 5.09. The average molecular weight is 229 g/mol. The number of nitrogens with zero attached hydrogens (tertiary/aromatic N) is 2. The second kappa shape index (κ2) is 6.21. The quantitative estimate of drug-likeness (QED) is 0.770. The minimum Gasteiger partial charge on any atom is -0.351 e. The highest BCUT2D eigenvalue weighted by Gasteiger charge is 1.98. The molecule has 0 unspecified atom stereocenters. The summed E-state index contributed by atoms with van der Waals surface area (Å²) in [5.41, 5.74) is 2.63. The van der Waals surface area contributed by atoms with Crippen molar-refractivity contribution in [2.45, 2.75) is 26.4 Å². The largest absolute Gasteiger partial charge is 0.351 e. The first-order valence-corrected chi connectivity index (χ1v) is 6.14. The van der Waals surface area contributed by atoms with Crippen LogP contribution in [0.25, 0.3) is 0 Å². The van der Waals surface area contributed by atoms with Gasteiger partial charge in [0.05, 0.1) is 0 Å². The minimum atomic E-state index is 0.932. The lowest BCUT2D eigenvalue weighted by molar-refractivity contribution is 0.628. The molecular weight excluding hydrogens is 210 g/mol. The van der Waals surface area contributed by atoms with E-state index in [1.807, 2.05) is 18.5 Å². The lowest BCUT2D eigenvalue weighted by Crippen LogP contribution is -2.18. The van der Waals surface area contributed by atoms with Gasteiger partial charge < -0.3 is 9.88 Å². The Hall–Kier alpha value is -1.61. The molecule has 2 aromatic heterocycles. The van der Waals surface area contributed by atoms with E-state index in [1.54, 1.807) is 0 Å².